The van der Waals surface area contributed by atoms with E-state index < -0.39 is 0 Å². The third kappa shape index (κ3) is 2.73. The first-order valence-corrected chi connectivity index (χ1v) is 7.01. The third-order valence-electron chi connectivity index (χ3n) is 3.44. The molecule has 1 N–H and O–H groups in total. The molecule has 19 heavy (non-hydrogen) atoms. The Balaban J connectivity index is 2.37. The molecule has 0 spiro atoms. The van der Waals surface area contributed by atoms with E-state index in [-0.39, 0.29) is 11.7 Å². The first kappa shape index (κ1) is 13.9. The number of nitrogens with one attached hydrogen (secondary N) is 1. The Bertz CT molecular complexity index is 595. The molecule has 4 heteroatoms. The zero-order valence-corrected chi connectivity index (χ0v) is 12.0. The summed E-state index contributed by atoms with van der Waals surface area (Å²) in [6.07, 6.45) is 2.11. The van der Waals surface area contributed by atoms with Crippen molar-refractivity contribution in [2.24, 2.45) is 0 Å². The fraction of sp³-hybridized carbons (Fsp3) is 0.533. The standard InChI is InChI=1S/C15H23N3O/c1-12(2)18-14-9-5-4-8-13(14)17(15(18)19)11-7-6-10-16-3/h4-5,8-9,12,16H,6-7,10-11H2,1-3H3. The van der Waals surface area contributed by atoms with Gasteiger partial charge in [-0.05, 0) is 52.4 Å². The van der Waals surface area contributed by atoms with Crippen LogP contribution in [0.3, 0.4) is 0 Å². The van der Waals surface area contributed by atoms with Gasteiger partial charge in [0, 0.05) is 12.6 Å². The number of nitrogens with zero attached hydrogens (tertiary/aromatic N) is 2. The van der Waals surface area contributed by atoms with Crippen LogP contribution in [0, 0.1) is 0 Å². The number of aryl methyl sites for hydroxylation is 1. The second-order valence-corrected chi connectivity index (χ2v) is 5.20. The molecular formula is C15H23N3O. The zero-order valence-electron chi connectivity index (χ0n) is 12.0. The number of para-hydroxylation sites is 2. The molecule has 0 fully saturated rings. The monoisotopic (exact) mass is 261 g/mol. The van der Waals surface area contributed by atoms with Crippen LogP contribution in [-0.2, 0) is 6.54 Å². The van der Waals surface area contributed by atoms with Crippen LogP contribution >= 0.6 is 0 Å². The lowest BCUT2D eigenvalue weighted by Crippen LogP contribution is -2.25. The maximum atomic E-state index is 12.5. The fourth-order valence-electron chi connectivity index (χ4n) is 2.52. The molecule has 0 atom stereocenters. The molecule has 4 nitrogen and oxygen atoms in total. The van der Waals surface area contributed by atoms with E-state index in [0.29, 0.717) is 0 Å². The molecule has 0 aliphatic heterocycles. The van der Waals surface area contributed by atoms with Gasteiger partial charge in [0.15, 0.2) is 0 Å². The van der Waals surface area contributed by atoms with Gasteiger partial charge in [-0.1, -0.05) is 12.1 Å². The van der Waals surface area contributed by atoms with Crippen LogP contribution in [0.4, 0.5) is 0 Å². The van der Waals surface area contributed by atoms with Crippen LogP contribution < -0.4 is 11.0 Å². The lowest BCUT2D eigenvalue weighted by molar-refractivity contribution is 0.541. The number of hydrogen-bond donors (Lipinski definition) is 1. The maximum absolute atomic E-state index is 12.5. The molecule has 0 saturated heterocycles. The van der Waals surface area contributed by atoms with Crippen molar-refractivity contribution < 1.29 is 0 Å². The number of fused-ring (bicyclic) bond motifs is 1. The van der Waals surface area contributed by atoms with E-state index in [4.69, 9.17) is 0 Å². The van der Waals surface area contributed by atoms with Gasteiger partial charge < -0.3 is 5.32 Å². The maximum Gasteiger partial charge on any atom is 0.329 e. The molecule has 104 valence electrons. The summed E-state index contributed by atoms with van der Waals surface area (Å²) >= 11 is 0. The smallest absolute Gasteiger partial charge is 0.320 e. The SMILES string of the molecule is CNCCCCn1c(=O)n(C(C)C)c2ccccc21. The van der Waals surface area contributed by atoms with Gasteiger partial charge in [-0.15, -0.1) is 0 Å². The van der Waals surface area contributed by atoms with Gasteiger partial charge in [-0.25, -0.2) is 4.79 Å². The second kappa shape index (κ2) is 6.06. The van der Waals surface area contributed by atoms with Crippen molar-refractivity contribution in [1.82, 2.24) is 14.5 Å². The molecule has 0 radical (unpaired) electrons. The summed E-state index contributed by atoms with van der Waals surface area (Å²) < 4.78 is 3.79. The lowest BCUT2D eigenvalue weighted by Gasteiger charge is -2.06. The summed E-state index contributed by atoms with van der Waals surface area (Å²) in [5, 5.41) is 3.14. The number of imidazole rings is 1. The van der Waals surface area contributed by atoms with Gasteiger partial charge in [0.2, 0.25) is 0 Å². The molecule has 1 aromatic heterocycles. The summed E-state index contributed by atoms with van der Waals surface area (Å²) in [5.74, 6) is 0. The molecule has 1 heterocycles. The minimum Gasteiger partial charge on any atom is -0.320 e. The molecule has 0 bridgehead atoms. The van der Waals surface area contributed by atoms with Gasteiger partial charge in [0.1, 0.15) is 0 Å². The number of hydrogen-bond acceptors (Lipinski definition) is 2. The van der Waals surface area contributed by atoms with Gasteiger partial charge in [0.05, 0.1) is 11.0 Å². The highest BCUT2D eigenvalue weighted by atomic mass is 16.1. The van der Waals surface area contributed by atoms with E-state index in [2.05, 4.69) is 19.2 Å². The van der Waals surface area contributed by atoms with E-state index in [1.807, 2.05) is 40.4 Å². The van der Waals surface area contributed by atoms with Crippen LogP contribution in [0.25, 0.3) is 11.0 Å². The van der Waals surface area contributed by atoms with Gasteiger partial charge in [-0.3, -0.25) is 9.13 Å². The lowest BCUT2D eigenvalue weighted by atomic mass is 10.2. The van der Waals surface area contributed by atoms with Gasteiger partial charge in [0.25, 0.3) is 0 Å². The highest BCUT2D eigenvalue weighted by molar-refractivity contribution is 5.76. The van der Waals surface area contributed by atoms with Crippen LogP contribution in [-0.4, -0.2) is 22.7 Å². The molecule has 0 amide bonds. The Morgan fingerprint density at radius 3 is 2.47 bits per heavy atom. The molecule has 2 aromatic rings. The van der Waals surface area contributed by atoms with Gasteiger partial charge >= 0.3 is 5.69 Å². The largest absolute Gasteiger partial charge is 0.329 e. The second-order valence-electron chi connectivity index (χ2n) is 5.20. The summed E-state index contributed by atoms with van der Waals surface area (Å²) in [4.78, 5) is 12.5. The number of benzene rings is 1. The molecule has 0 unspecified atom stereocenters. The Morgan fingerprint density at radius 2 is 1.84 bits per heavy atom. The van der Waals surface area contributed by atoms with Crippen molar-refractivity contribution in [1.29, 1.82) is 0 Å². The summed E-state index contributed by atoms with van der Waals surface area (Å²) in [6.45, 7) is 5.90. The number of aromatic nitrogens is 2. The quantitative estimate of drug-likeness (QED) is 0.811. The van der Waals surface area contributed by atoms with Crippen molar-refractivity contribution in [2.45, 2.75) is 39.3 Å². The predicted molar refractivity (Wildman–Crippen MR) is 79.7 cm³/mol. The van der Waals surface area contributed by atoms with E-state index in [0.717, 1.165) is 37.0 Å². The first-order chi connectivity index (χ1) is 9.16. The predicted octanol–water partition coefficient (Wildman–Crippen LogP) is 2.38. The highest BCUT2D eigenvalue weighted by Gasteiger charge is 2.13. The van der Waals surface area contributed by atoms with Crippen molar-refractivity contribution in [3.05, 3.63) is 34.7 Å². The Hall–Kier alpha value is -1.55. The minimum atomic E-state index is 0.112. The molecule has 0 saturated carbocycles. The molecule has 1 aromatic carbocycles. The average molecular weight is 261 g/mol. The normalized spacial score (nSPS) is 11.6. The average Bonchev–Trinajstić information content (AvgIpc) is 2.67. The van der Waals surface area contributed by atoms with Crippen LogP contribution in [0.2, 0.25) is 0 Å². The number of unbranched alkanes of at least 4 members (excludes halogenated alkanes) is 1. The molecule has 0 aliphatic rings. The molecule has 2 rings (SSSR count). The first-order valence-electron chi connectivity index (χ1n) is 7.01. The van der Waals surface area contributed by atoms with Crippen molar-refractivity contribution >= 4 is 11.0 Å². The fourth-order valence-corrected chi connectivity index (χ4v) is 2.52. The van der Waals surface area contributed by atoms with Crippen LogP contribution in [0.5, 0.6) is 0 Å². The molecular weight excluding hydrogens is 238 g/mol. The van der Waals surface area contributed by atoms with Crippen LogP contribution in [0.1, 0.15) is 32.7 Å². The number of rotatable bonds is 6. The van der Waals surface area contributed by atoms with Crippen molar-refractivity contribution in [2.75, 3.05) is 13.6 Å². The minimum absolute atomic E-state index is 0.112. The summed E-state index contributed by atoms with van der Waals surface area (Å²) in [6, 6.07) is 8.24. The Morgan fingerprint density at radius 1 is 1.16 bits per heavy atom. The van der Waals surface area contributed by atoms with Gasteiger partial charge in [-0.2, -0.15) is 0 Å². The zero-order chi connectivity index (χ0) is 13.8. The third-order valence-corrected chi connectivity index (χ3v) is 3.44. The Kier molecular flexibility index (Phi) is 4.43. The highest BCUT2D eigenvalue weighted by Crippen LogP contribution is 2.17. The van der Waals surface area contributed by atoms with Crippen LogP contribution in [0.15, 0.2) is 29.1 Å². The topological polar surface area (TPSA) is 39.0 Å². The van der Waals surface area contributed by atoms with E-state index >= 15 is 0 Å². The summed E-state index contributed by atoms with van der Waals surface area (Å²) in [5.41, 5.74) is 2.20. The Labute approximate surface area is 114 Å². The van der Waals surface area contributed by atoms with E-state index in [9.17, 15) is 4.79 Å². The van der Waals surface area contributed by atoms with E-state index in [1.165, 1.54) is 0 Å². The van der Waals surface area contributed by atoms with Crippen molar-refractivity contribution in [3.63, 3.8) is 0 Å². The van der Waals surface area contributed by atoms with Crippen molar-refractivity contribution in [3.8, 4) is 0 Å². The molecule has 0 aliphatic carbocycles. The van der Waals surface area contributed by atoms with E-state index in [1.54, 1.807) is 0 Å². The summed E-state index contributed by atoms with van der Waals surface area (Å²) in [7, 11) is 1.96.